The molecule has 118 valence electrons. The van der Waals surface area contributed by atoms with Gasteiger partial charge in [-0.2, -0.15) is 0 Å². The van der Waals surface area contributed by atoms with Crippen molar-refractivity contribution in [2.75, 3.05) is 12.9 Å². The van der Waals surface area contributed by atoms with E-state index in [0.717, 1.165) is 20.3 Å². The Morgan fingerprint density at radius 1 is 1.39 bits per heavy atom. The molecule has 1 atom stereocenters. The molecule has 3 rings (SSSR count). The Hall–Kier alpha value is -2.12. The zero-order chi connectivity index (χ0) is 16.2. The third kappa shape index (κ3) is 3.80. The molecule has 2 heterocycles. The van der Waals surface area contributed by atoms with E-state index in [0.29, 0.717) is 5.75 Å². The molecule has 0 amide bonds. The summed E-state index contributed by atoms with van der Waals surface area (Å²) in [7, 11) is 1.37. The molecule has 1 aliphatic rings. The maximum Gasteiger partial charge on any atom is 0.331 e. The summed E-state index contributed by atoms with van der Waals surface area (Å²) in [5.74, 6) is 0.569. The van der Waals surface area contributed by atoms with Crippen molar-refractivity contribution in [2.45, 2.75) is 6.04 Å². The standard InChI is InChI=1S/C16H14N2O3S2/c1-21-16(20)12-9-22-14(18-12)4-2-3-5-15-17-11-7-6-10(19)8-13(11)23-15/h2-8,12,19H,9H2,1H3. The monoisotopic (exact) mass is 346 g/mol. The molecule has 2 aromatic rings. The van der Waals surface area contributed by atoms with Crippen LogP contribution in [-0.4, -0.2) is 40.0 Å². The number of phenols is 1. The molecule has 0 spiro atoms. The zero-order valence-corrected chi connectivity index (χ0v) is 13.9. The summed E-state index contributed by atoms with van der Waals surface area (Å²) in [6.45, 7) is 0. The van der Waals surface area contributed by atoms with Crippen LogP contribution in [0, 0.1) is 0 Å². The number of phenolic OH excluding ortho intramolecular Hbond substituents is 1. The number of allylic oxidation sites excluding steroid dienone is 2. The highest BCUT2D eigenvalue weighted by Crippen LogP contribution is 2.26. The van der Waals surface area contributed by atoms with Gasteiger partial charge in [0.15, 0.2) is 6.04 Å². The van der Waals surface area contributed by atoms with Crippen LogP contribution in [0.1, 0.15) is 5.01 Å². The Kier molecular flexibility index (Phi) is 4.78. The second-order valence-electron chi connectivity index (χ2n) is 4.74. The van der Waals surface area contributed by atoms with Crippen LogP contribution in [-0.2, 0) is 9.53 Å². The highest BCUT2D eigenvalue weighted by molar-refractivity contribution is 8.14. The maximum absolute atomic E-state index is 11.4. The van der Waals surface area contributed by atoms with Crippen molar-refractivity contribution in [1.29, 1.82) is 0 Å². The van der Waals surface area contributed by atoms with E-state index in [9.17, 15) is 9.90 Å². The number of nitrogens with zero attached hydrogens (tertiary/aromatic N) is 2. The molecule has 0 saturated carbocycles. The average molecular weight is 346 g/mol. The predicted molar refractivity (Wildman–Crippen MR) is 95.2 cm³/mol. The zero-order valence-electron chi connectivity index (χ0n) is 12.3. The average Bonchev–Trinajstić information content (AvgIpc) is 3.16. The number of rotatable bonds is 4. The molecular formula is C16H14N2O3S2. The molecule has 0 aliphatic carbocycles. The van der Waals surface area contributed by atoms with Crippen LogP contribution in [0.25, 0.3) is 16.3 Å². The molecule has 23 heavy (non-hydrogen) atoms. The van der Waals surface area contributed by atoms with E-state index in [-0.39, 0.29) is 11.7 Å². The van der Waals surface area contributed by atoms with Crippen molar-refractivity contribution >= 4 is 50.4 Å². The number of aliphatic imine (C=N–C) groups is 1. The SMILES string of the molecule is COC(=O)C1CSC(C=CC=Cc2nc3ccc(O)cc3s2)=N1. The fraction of sp³-hybridized carbons (Fsp3) is 0.188. The second kappa shape index (κ2) is 6.97. The molecule has 1 aliphatic heterocycles. The van der Waals surface area contributed by atoms with Crippen molar-refractivity contribution in [1.82, 2.24) is 4.98 Å². The van der Waals surface area contributed by atoms with Gasteiger partial charge >= 0.3 is 5.97 Å². The molecule has 1 aromatic carbocycles. The van der Waals surface area contributed by atoms with Gasteiger partial charge in [-0.25, -0.2) is 9.78 Å². The number of hydrogen-bond acceptors (Lipinski definition) is 7. The molecule has 1 unspecified atom stereocenters. The van der Waals surface area contributed by atoms with Gasteiger partial charge in [-0.3, -0.25) is 4.99 Å². The molecule has 1 aromatic heterocycles. The molecule has 0 fully saturated rings. The number of methoxy groups -OCH3 is 1. The Balaban J connectivity index is 1.65. The van der Waals surface area contributed by atoms with Crippen molar-refractivity contribution in [2.24, 2.45) is 4.99 Å². The Morgan fingerprint density at radius 2 is 2.22 bits per heavy atom. The summed E-state index contributed by atoms with van der Waals surface area (Å²) in [5, 5.41) is 11.1. The van der Waals surface area contributed by atoms with Crippen LogP contribution < -0.4 is 0 Å². The smallest absolute Gasteiger partial charge is 0.331 e. The lowest BCUT2D eigenvalue weighted by molar-refractivity contribution is -0.141. The van der Waals surface area contributed by atoms with Gasteiger partial charge in [-0.15, -0.1) is 23.1 Å². The first kappa shape index (κ1) is 15.8. The number of fused-ring (bicyclic) bond motifs is 1. The van der Waals surface area contributed by atoms with Crippen LogP contribution in [0.4, 0.5) is 0 Å². The Morgan fingerprint density at radius 3 is 3.04 bits per heavy atom. The highest BCUT2D eigenvalue weighted by atomic mass is 32.2. The number of carbonyl (C=O) groups excluding carboxylic acids is 1. The molecule has 0 saturated heterocycles. The normalized spacial score (nSPS) is 18.1. The molecule has 1 N–H and O–H groups in total. The lowest BCUT2D eigenvalue weighted by Crippen LogP contribution is -2.19. The summed E-state index contributed by atoms with van der Waals surface area (Å²) in [5.41, 5.74) is 0.869. The number of aromatic hydroxyl groups is 1. The minimum absolute atomic E-state index is 0.244. The maximum atomic E-state index is 11.4. The lowest BCUT2D eigenvalue weighted by Gasteiger charge is -2.00. The number of thiazole rings is 1. The van der Waals surface area contributed by atoms with Crippen molar-refractivity contribution in [3.8, 4) is 5.75 Å². The summed E-state index contributed by atoms with van der Waals surface area (Å²) in [4.78, 5) is 20.1. The Labute approximate surface area is 141 Å². The Bertz CT molecular complexity index is 824. The van der Waals surface area contributed by atoms with Crippen molar-refractivity contribution in [3.63, 3.8) is 0 Å². The van der Waals surface area contributed by atoms with Crippen LogP contribution >= 0.6 is 23.1 Å². The van der Waals surface area contributed by atoms with Crippen LogP contribution in [0.5, 0.6) is 5.75 Å². The summed E-state index contributed by atoms with van der Waals surface area (Å²) >= 11 is 3.05. The van der Waals surface area contributed by atoms with Crippen molar-refractivity contribution in [3.05, 3.63) is 41.4 Å². The van der Waals surface area contributed by atoms with E-state index in [2.05, 4.69) is 14.7 Å². The minimum atomic E-state index is -0.398. The van der Waals surface area contributed by atoms with Gasteiger partial charge in [0.2, 0.25) is 0 Å². The van der Waals surface area contributed by atoms with Gasteiger partial charge in [0.1, 0.15) is 10.8 Å². The molecule has 5 nitrogen and oxygen atoms in total. The molecule has 0 bridgehead atoms. The first-order valence-electron chi connectivity index (χ1n) is 6.88. The summed E-state index contributed by atoms with van der Waals surface area (Å²) < 4.78 is 5.63. The molecule has 7 heteroatoms. The third-order valence-electron chi connectivity index (χ3n) is 3.12. The number of benzene rings is 1. The third-order valence-corrected chi connectivity index (χ3v) is 5.13. The van der Waals surface area contributed by atoms with Gasteiger partial charge < -0.3 is 9.84 Å². The van der Waals surface area contributed by atoms with Crippen LogP contribution in [0.3, 0.4) is 0 Å². The van der Waals surface area contributed by atoms with Crippen LogP contribution in [0.2, 0.25) is 0 Å². The van der Waals surface area contributed by atoms with Crippen LogP contribution in [0.15, 0.2) is 41.4 Å². The summed E-state index contributed by atoms with van der Waals surface area (Å²) in [6, 6.07) is 4.73. The fourth-order valence-corrected chi connectivity index (χ4v) is 3.85. The van der Waals surface area contributed by atoms with E-state index in [1.807, 2.05) is 24.3 Å². The summed E-state index contributed by atoms with van der Waals surface area (Å²) in [6.07, 6.45) is 7.51. The van der Waals surface area contributed by atoms with Crippen molar-refractivity contribution < 1.29 is 14.6 Å². The first-order chi connectivity index (χ1) is 11.2. The number of thioether (sulfide) groups is 1. The number of hydrogen-bond donors (Lipinski definition) is 1. The topological polar surface area (TPSA) is 71.8 Å². The number of esters is 1. The highest BCUT2D eigenvalue weighted by Gasteiger charge is 2.24. The lowest BCUT2D eigenvalue weighted by atomic mass is 10.3. The fourth-order valence-electron chi connectivity index (χ4n) is 2.02. The van der Waals surface area contributed by atoms with E-state index in [4.69, 9.17) is 0 Å². The second-order valence-corrected chi connectivity index (χ2v) is 6.84. The largest absolute Gasteiger partial charge is 0.508 e. The van der Waals surface area contributed by atoms with Gasteiger partial charge in [-0.1, -0.05) is 12.2 Å². The van der Waals surface area contributed by atoms with E-state index < -0.39 is 6.04 Å². The molecule has 0 radical (unpaired) electrons. The molecular weight excluding hydrogens is 332 g/mol. The quantitative estimate of drug-likeness (QED) is 0.679. The van der Waals surface area contributed by atoms with Gasteiger partial charge in [-0.05, 0) is 30.4 Å². The van der Waals surface area contributed by atoms with E-state index >= 15 is 0 Å². The predicted octanol–water partition coefficient (Wildman–Crippen LogP) is 3.26. The minimum Gasteiger partial charge on any atom is -0.508 e. The number of carbonyl (C=O) groups is 1. The van der Waals surface area contributed by atoms with E-state index in [1.165, 1.54) is 30.2 Å². The van der Waals surface area contributed by atoms with Gasteiger partial charge in [0.05, 0.1) is 22.4 Å². The van der Waals surface area contributed by atoms with Gasteiger partial charge in [0, 0.05) is 5.75 Å². The number of aromatic nitrogens is 1. The number of ether oxygens (including phenoxy) is 1. The first-order valence-corrected chi connectivity index (χ1v) is 8.68. The van der Waals surface area contributed by atoms with Gasteiger partial charge in [0.25, 0.3) is 0 Å². The van der Waals surface area contributed by atoms with E-state index in [1.54, 1.807) is 18.2 Å².